The fourth-order valence-corrected chi connectivity index (χ4v) is 3.57. The van der Waals surface area contributed by atoms with Crippen LogP contribution >= 0.6 is 11.3 Å². The number of para-hydroxylation sites is 1. The van der Waals surface area contributed by atoms with Gasteiger partial charge >= 0.3 is 5.97 Å². The molecule has 1 heterocycles. The van der Waals surface area contributed by atoms with Crippen LogP contribution in [0.25, 0.3) is 10.2 Å². The van der Waals surface area contributed by atoms with E-state index in [4.69, 9.17) is 14.7 Å². The van der Waals surface area contributed by atoms with E-state index >= 15 is 0 Å². The van der Waals surface area contributed by atoms with Crippen LogP contribution in [-0.4, -0.2) is 30.7 Å². The first-order chi connectivity index (χ1) is 13.1. The number of esters is 1. The van der Waals surface area contributed by atoms with E-state index in [0.29, 0.717) is 27.2 Å². The van der Waals surface area contributed by atoms with Gasteiger partial charge in [0.25, 0.3) is 5.91 Å². The van der Waals surface area contributed by atoms with Crippen molar-refractivity contribution in [2.45, 2.75) is 6.54 Å². The van der Waals surface area contributed by atoms with Gasteiger partial charge in [0, 0.05) is 5.56 Å². The molecule has 0 N–H and O–H groups in total. The van der Waals surface area contributed by atoms with Crippen LogP contribution in [0.15, 0.2) is 47.5 Å². The first-order valence-electron chi connectivity index (χ1n) is 7.89. The minimum Gasteiger partial charge on any atom is -0.495 e. The van der Waals surface area contributed by atoms with Crippen LogP contribution in [0.4, 0.5) is 0 Å². The molecule has 7 nitrogen and oxygen atoms in total. The van der Waals surface area contributed by atoms with E-state index in [1.807, 2.05) is 18.2 Å². The van der Waals surface area contributed by atoms with Gasteiger partial charge in [-0.3, -0.25) is 9.59 Å². The van der Waals surface area contributed by atoms with Gasteiger partial charge in [-0.1, -0.05) is 17.4 Å². The zero-order chi connectivity index (χ0) is 19.4. The highest BCUT2D eigenvalue weighted by Gasteiger charge is 2.15. The summed E-state index contributed by atoms with van der Waals surface area (Å²) in [4.78, 5) is 29.0. The van der Waals surface area contributed by atoms with Crippen molar-refractivity contribution in [2.75, 3.05) is 14.2 Å². The number of thiazole rings is 1. The molecule has 3 aromatic rings. The zero-order valence-corrected chi connectivity index (χ0v) is 15.4. The van der Waals surface area contributed by atoms with Crippen LogP contribution in [0, 0.1) is 11.3 Å². The minimum atomic E-state index is -0.469. The van der Waals surface area contributed by atoms with E-state index in [2.05, 4.69) is 4.99 Å². The monoisotopic (exact) mass is 381 g/mol. The second kappa shape index (κ2) is 7.85. The molecule has 0 atom stereocenters. The summed E-state index contributed by atoms with van der Waals surface area (Å²) in [6, 6.07) is 13.7. The molecule has 0 bridgehead atoms. The Labute approximate surface area is 158 Å². The SMILES string of the molecule is COC(=O)Cn1c(=NC(=O)c2ccc(C#N)cc2)sc2cccc(OC)c21. The number of benzene rings is 2. The second-order valence-electron chi connectivity index (χ2n) is 5.46. The van der Waals surface area contributed by atoms with E-state index in [-0.39, 0.29) is 6.54 Å². The van der Waals surface area contributed by atoms with Gasteiger partial charge < -0.3 is 14.0 Å². The molecule has 1 amide bonds. The number of ether oxygens (including phenoxy) is 2. The number of carbonyl (C=O) groups excluding carboxylic acids is 2. The summed E-state index contributed by atoms with van der Waals surface area (Å²) >= 11 is 1.27. The van der Waals surface area contributed by atoms with Gasteiger partial charge in [-0.05, 0) is 36.4 Å². The fraction of sp³-hybridized carbons (Fsp3) is 0.158. The number of nitrogens with zero attached hydrogens (tertiary/aromatic N) is 3. The summed E-state index contributed by atoms with van der Waals surface area (Å²) in [6.45, 7) is -0.101. The van der Waals surface area contributed by atoms with Crippen LogP contribution in [-0.2, 0) is 16.1 Å². The Balaban J connectivity index is 2.15. The molecular weight excluding hydrogens is 366 g/mol. The lowest BCUT2D eigenvalue weighted by molar-refractivity contribution is -0.141. The van der Waals surface area contributed by atoms with Crippen molar-refractivity contribution in [1.82, 2.24) is 4.57 Å². The van der Waals surface area contributed by atoms with Crippen molar-refractivity contribution >= 4 is 33.4 Å². The average Bonchev–Trinajstić information content (AvgIpc) is 3.04. The number of hydrogen-bond acceptors (Lipinski definition) is 6. The van der Waals surface area contributed by atoms with Gasteiger partial charge in [0.15, 0.2) is 4.80 Å². The third kappa shape index (κ3) is 3.73. The number of methoxy groups -OCH3 is 2. The molecular formula is C19H15N3O4S. The Morgan fingerprint density at radius 1 is 1.19 bits per heavy atom. The van der Waals surface area contributed by atoms with E-state index < -0.39 is 11.9 Å². The molecule has 0 radical (unpaired) electrons. The van der Waals surface area contributed by atoms with Crippen molar-refractivity contribution in [3.63, 3.8) is 0 Å². The average molecular weight is 381 g/mol. The Hall–Kier alpha value is -3.44. The summed E-state index contributed by atoms with van der Waals surface area (Å²) < 4.78 is 12.6. The molecule has 3 rings (SSSR count). The topological polar surface area (TPSA) is 93.7 Å². The van der Waals surface area contributed by atoms with Crippen LogP contribution < -0.4 is 9.54 Å². The maximum atomic E-state index is 12.5. The number of carbonyl (C=O) groups is 2. The van der Waals surface area contributed by atoms with Gasteiger partial charge in [-0.25, -0.2) is 0 Å². The molecule has 8 heteroatoms. The van der Waals surface area contributed by atoms with E-state index in [9.17, 15) is 9.59 Å². The Bertz CT molecular complexity index is 1120. The largest absolute Gasteiger partial charge is 0.495 e. The lowest BCUT2D eigenvalue weighted by atomic mass is 10.1. The molecule has 27 heavy (non-hydrogen) atoms. The highest BCUT2D eigenvalue weighted by molar-refractivity contribution is 7.16. The number of hydrogen-bond donors (Lipinski definition) is 0. The maximum Gasteiger partial charge on any atom is 0.325 e. The number of fused-ring (bicyclic) bond motifs is 1. The quantitative estimate of drug-likeness (QED) is 0.647. The van der Waals surface area contributed by atoms with Gasteiger partial charge in [0.1, 0.15) is 17.8 Å². The minimum absolute atomic E-state index is 0.101. The molecule has 1 aromatic heterocycles. The molecule has 0 saturated heterocycles. The Morgan fingerprint density at radius 2 is 1.93 bits per heavy atom. The lowest BCUT2D eigenvalue weighted by Crippen LogP contribution is -2.22. The third-order valence-corrected chi connectivity index (χ3v) is 4.90. The lowest BCUT2D eigenvalue weighted by Gasteiger charge is -2.07. The van der Waals surface area contributed by atoms with Crippen LogP contribution in [0.2, 0.25) is 0 Å². The molecule has 0 fully saturated rings. The zero-order valence-electron chi connectivity index (χ0n) is 14.6. The summed E-state index contributed by atoms with van der Waals surface area (Å²) in [5.41, 5.74) is 1.48. The number of amides is 1. The molecule has 0 saturated carbocycles. The summed E-state index contributed by atoms with van der Waals surface area (Å²) in [5.74, 6) is -0.364. The Kier molecular flexibility index (Phi) is 5.33. The number of rotatable bonds is 4. The van der Waals surface area contributed by atoms with Gasteiger partial charge in [0.2, 0.25) is 0 Å². The highest BCUT2D eigenvalue weighted by atomic mass is 32.1. The normalized spacial score (nSPS) is 11.2. The highest BCUT2D eigenvalue weighted by Crippen LogP contribution is 2.27. The number of nitriles is 1. The van der Waals surface area contributed by atoms with E-state index in [1.165, 1.54) is 25.6 Å². The van der Waals surface area contributed by atoms with Gasteiger partial charge in [-0.15, -0.1) is 0 Å². The summed E-state index contributed by atoms with van der Waals surface area (Å²) in [5, 5.41) is 8.86. The summed E-state index contributed by atoms with van der Waals surface area (Å²) in [7, 11) is 2.83. The standard InChI is InChI=1S/C19H15N3O4S/c1-25-14-4-3-5-15-17(14)22(11-16(23)26-2)19(27-15)21-18(24)13-8-6-12(10-20)7-9-13/h3-9H,11H2,1-2H3. The first kappa shape index (κ1) is 18.4. The molecule has 0 spiro atoms. The summed E-state index contributed by atoms with van der Waals surface area (Å²) in [6.07, 6.45) is 0. The maximum absolute atomic E-state index is 12.5. The number of aromatic nitrogens is 1. The third-order valence-electron chi connectivity index (χ3n) is 3.86. The molecule has 0 aliphatic heterocycles. The smallest absolute Gasteiger partial charge is 0.325 e. The van der Waals surface area contributed by atoms with Gasteiger partial charge in [-0.2, -0.15) is 10.3 Å². The van der Waals surface area contributed by atoms with Gasteiger partial charge in [0.05, 0.1) is 30.6 Å². The van der Waals surface area contributed by atoms with E-state index in [0.717, 1.165) is 4.70 Å². The predicted molar refractivity (Wildman–Crippen MR) is 99.4 cm³/mol. The van der Waals surface area contributed by atoms with Crippen molar-refractivity contribution in [3.8, 4) is 11.8 Å². The van der Waals surface area contributed by atoms with Crippen molar-refractivity contribution in [3.05, 3.63) is 58.4 Å². The van der Waals surface area contributed by atoms with E-state index in [1.54, 1.807) is 34.9 Å². The van der Waals surface area contributed by atoms with Crippen molar-refractivity contribution in [2.24, 2.45) is 4.99 Å². The molecule has 0 unspecified atom stereocenters. The van der Waals surface area contributed by atoms with Crippen molar-refractivity contribution in [1.29, 1.82) is 5.26 Å². The molecule has 0 aliphatic carbocycles. The second-order valence-corrected chi connectivity index (χ2v) is 6.47. The first-order valence-corrected chi connectivity index (χ1v) is 8.71. The fourth-order valence-electron chi connectivity index (χ4n) is 2.53. The molecule has 2 aromatic carbocycles. The van der Waals surface area contributed by atoms with Crippen LogP contribution in [0.5, 0.6) is 5.75 Å². The molecule has 0 aliphatic rings. The van der Waals surface area contributed by atoms with Crippen LogP contribution in [0.1, 0.15) is 15.9 Å². The predicted octanol–water partition coefficient (Wildman–Crippen LogP) is 2.50. The van der Waals surface area contributed by atoms with Crippen LogP contribution in [0.3, 0.4) is 0 Å². The van der Waals surface area contributed by atoms with Crippen molar-refractivity contribution < 1.29 is 19.1 Å². The Morgan fingerprint density at radius 3 is 2.56 bits per heavy atom. The molecule has 136 valence electrons.